The van der Waals surface area contributed by atoms with Crippen LogP contribution in [0.5, 0.6) is 11.5 Å². The zero-order valence-corrected chi connectivity index (χ0v) is 18.2. The van der Waals surface area contributed by atoms with E-state index in [2.05, 4.69) is 21.2 Å². The van der Waals surface area contributed by atoms with E-state index >= 15 is 0 Å². The fourth-order valence-corrected chi connectivity index (χ4v) is 4.79. The van der Waals surface area contributed by atoms with Crippen molar-refractivity contribution >= 4 is 33.2 Å². The smallest absolute Gasteiger partial charge is 0.272 e. The Balaban J connectivity index is 1.68. The second kappa shape index (κ2) is 6.86. The van der Waals surface area contributed by atoms with Crippen LogP contribution in [0.15, 0.2) is 35.0 Å². The van der Waals surface area contributed by atoms with Crippen molar-refractivity contribution in [2.45, 2.75) is 17.5 Å². The van der Waals surface area contributed by atoms with Gasteiger partial charge < -0.3 is 19.5 Å². The number of carbonyl (C=O) groups is 1. The molecule has 2 aliphatic heterocycles. The molecule has 1 aromatic carbocycles. The van der Waals surface area contributed by atoms with Crippen LogP contribution in [0.3, 0.4) is 0 Å². The number of amides is 1. The van der Waals surface area contributed by atoms with Gasteiger partial charge in [-0.15, -0.1) is 0 Å². The van der Waals surface area contributed by atoms with Crippen molar-refractivity contribution < 1.29 is 19.0 Å². The van der Waals surface area contributed by atoms with Gasteiger partial charge in [0.05, 0.1) is 42.8 Å². The van der Waals surface area contributed by atoms with Crippen LogP contribution in [0.2, 0.25) is 0 Å². The van der Waals surface area contributed by atoms with E-state index < -0.39 is 5.01 Å². The topological polar surface area (TPSA) is 74.6 Å². The van der Waals surface area contributed by atoms with Crippen molar-refractivity contribution in [1.82, 2.24) is 15.1 Å². The molecular formula is C20H18BrN3O4S. The minimum absolute atomic E-state index is 0.244. The molecule has 2 aliphatic rings. The number of methoxy groups -OCH3 is 1. The number of ether oxygens (including phenoxy) is 3. The number of halogens is 1. The average Bonchev–Trinajstić information content (AvgIpc) is 3.34. The molecule has 9 heteroatoms. The molecule has 1 atom stereocenters. The van der Waals surface area contributed by atoms with Crippen molar-refractivity contribution in [3.63, 3.8) is 0 Å². The molecule has 150 valence electrons. The van der Waals surface area contributed by atoms with Crippen LogP contribution < -0.4 is 14.8 Å². The first kappa shape index (κ1) is 18.7. The van der Waals surface area contributed by atoms with E-state index in [1.165, 1.54) is 0 Å². The third-order valence-electron chi connectivity index (χ3n) is 5.05. The molecule has 29 heavy (non-hydrogen) atoms. The highest BCUT2D eigenvalue weighted by Gasteiger charge is 2.39. The first-order valence-electron chi connectivity index (χ1n) is 9.04. The number of nitrogens with one attached hydrogen (secondary N) is 1. The van der Waals surface area contributed by atoms with Crippen molar-refractivity contribution in [2.24, 2.45) is 0 Å². The quantitative estimate of drug-likeness (QED) is 0.578. The van der Waals surface area contributed by atoms with E-state index in [4.69, 9.17) is 19.3 Å². The van der Waals surface area contributed by atoms with Gasteiger partial charge in [-0.1, -0.05) is 0 Å². The SMILES string of the molecule is COc1ccc2c(c1)OC(Br)c1c(C(=O)NC3(C)COC3)nn(-c3ccsc3)c1-2. The van der Waals surface area contributed by atoms with Gasteiger partial charge in [-0.25, -0.2) is 4.68 Å². The average molecular weight is 476 g/mol. The number of rotatable bonds is 4. The molecule has 1 N–H and O–H groups in total. The van der Waals surface area contributed by atoms with Gasteiger partial charge in [-0.3, -0.25) is 4.79 Å². The maximum atomic E-state index is 13.1. The summed E-state index contributed by atoms with van der Waals surface area (Å²) in [5.41, 5.74) is 3.24. The number of fused-ring (bicyclic) bond motifs is 3. The Morgan fingerprint density at radius 2 is 2.24 bits per heavy atom. The summed E-state index contributed by atoms with van der Waals surface area (Å²) < 4.78 is 18.5. The van der Waals surface area contributed by atoms with E-state index in [0.717, 1.165) is 16.9 Å². The van der Waals surface area contributed by atoms with Gasteiger partial charge in [-0.2, -0.15) is 16.4 Å². The minimum atomic E-state index is -0.518. The third-order valence-corrected chi connectivity index (χ3v) is 6.36. The third kappa shape index (κ3) is 3.04. The Morgan fingerprint density at radius 1 is 1.41 bits per heavy atom. The van der Waals surface area contributed by atoms with E-state index in [0.29, 0.717) is 36.0 Å². The summed E-state index contributed by atoms with van der Waals surface area (Å²) in [6.45, 7) is 2.94. The molecule has 0 bridgehead atoms. The van der Waals surface area contributed by atoms with Gasteiger partial charge in [0.2, 0.25) is 0 Å². The van der Waals surface area contributed by atoms with Crippen molar-refractivity contribution in [3.05, 3.63) is 46.3 Å². The van der Waals surface area contributed by atoms with Crippen LogP contribution in [0.4, 0.5) is 0 Å². The number of nitrogens with zero attached hydrogens (tertiary/aromatic N) is 2. The van der Waals surface area contributed by atoms with Crippen molar-refractivity contribution in [3.8, 4) is 28.4 Å². The largest absolute Gasteiger partial charge is 0.497 e. The van der Waals surface area contributed by atoms with Crippen LogP contribution >= 0.6 is 27.3 Å². The second-order valence-corrected chi connectivity index (χ2v) is 8.92. The molecule has 1 unspecified atom stereocenters. The number of carbonyl (C=O) groups excluding carboxylic acids is 1. The number of hydrogen-bond acceptors (Lipinski definition) is 6. The molecule has 1 saturated heterocycles. The molecule has 1 amide bonds. The fraction of sp³-hybridized carbons (Fsp3) is 0.300. The summed E-state index contributed by atoms with van der Waals surface area (Å²) in [4.78, 5) is 13.1. The maximum absolute atomic E-state index is 13.1. The molecule has 5 rings (SSSR count). The summed E-state index contributed by atoms with van der Waals surface area (Å²) in [6.07, 6.45) is 0. The molecule has 2 aromatic heterocycles. The molecule has 4 heterocycles. The lowest BCUT2D eigenvalue weighted by Gasteiger charge is -2.38. The zero-order chi connectivity index (χ0) is 20.2. The number of aromatic nitrogens is 2. The van der Waals surface area contributed by atoms with Crippen LogP contribution in [0, 0.1) is 0 Å². The molecule has 0 radical (unpaired) electrons. The van der Waals surface area contributed by atoms with Gasteiger partial charge in [0.1, 0.15) is 11.5 Å². The Hall–Kier alpha value is -2.36. The zero-order valence-electron chi connectivity index (χ0n) is 15.8. The van der Waals surface area contributed by atoms with E-state index in [9.17, 15) is 4.79 Å². The van der Waals surface area contributed by atoms with Crippen LogP contribution in [-0.2, 0) is 4.74 Å². The van der Waals surface area contributed by atoms with Gasteiger partial charge in [0.15, 0.2) is 10.7 Å². The predicted molar refractivity (Wildman–Crippen MR) is 112 cm³/mol. The molecular weight excluding hydrogens is 458 g/mol. The molecule has 0 aliphatic carbocycles. The first-order chi connectivity index (χ1) is 14.0. The van der Waals surface area contributed by atoms with Crippen LogP contribution in [0.1, 0.15) is 28.0 Å². The summed E-state index contributed by atoms with van der Waals surface area (Å²) in [6, 6.07) is 7.61. The summed E-state index contributed by atoms with van der Waals surface area (Å²) in [5, 5.41) is 11.2. The molecule has 1 fully saturated rings. The maximum Gasteiger partial charge on any atom is 0.272 e. The van der Waals surface area contributed by atoms with E-state index in [-0.39, 0.29) is 11.4 Å². The van der Waals surface area contributed by atoms with Crippen molar-refractivity contribution in [2.75, 3.05) is 20.3 Å². The summed E-state index contributed by atoms with van der Waals surface area (Å²) >= 11 is 5.16. The minimum Gasteiger partial charge on any atom is -0.497 e. The van der Waals surface area contributed by atoms with E-state index in [1.807, 2.05) is 46.6 Å². The van der Waals surface area contributed by atoms with Gasteiger partial charge >= 0.3 is 0 Å². The molecule has 0 saturated carbocycles. The number of hydrogen-bond donors (Lipinski definition) is 1. The number of thiophene rings is 1. The monoisotopic (exact) mass is 475 g/mol. The van der Waals surface area contributed by atoms with Gasteiger partial charge in [-0.05, 0) is 46.4 Å². The normalized spacial score (nSPS) is 18.8. The van der Waals surface area contributed by atoms with Crippen LogP contribution in [0.25, 0.3) is 16.9 Å². The molecule has 0 spiro atoms. The first-order valence-corrected chi connectivity index (χ1v) is 10.9. The van der Waals surface area contributed by atoms with Gasteiger partial charge in [0, 0.05) is 17.0 Å². The van der Waals surface area contributed by atoms with Crippen LogP contribution in [-0.4, -0.2) is 41.6 Å². The Bertz CT molecular complexity index is 1090. The number of benzene rings is 1. The van der Waals surface area contributed by atoms with E-state index in [1.54, 1.807) is 18.4 Å². The Kier molecular flexibility index (Phi) is 4.41. The Morgan fingerprint density at radius 3 is 2.90 bits per heavy atom. The Labute approximate surface area is 179 Å². The second-order valence-electron chi connectivity index (χ2n) is 7.31. The summed E-state index contributed by atoms with van der Waals surface area (Å²) in [5.74, 6) is 1.12. The predicted octanol–water partition coefficient (Wildman–Crippen LogP) is 3.91. The highest BCUT2D eigenvalue weighted by Crippen LogP contribution is 2.48. The lowest BCUT2D eigenvalue weighted by molar-refractivity contribution is -0.0594. The standard InChI is InChI=1S/C20H18BrN3O4S/c1-20(9-27-10-20)22-19(25)16-15-17(24(23-16)11-5-6-29-8-11)13-4-3-12(26-2)7-14(13)28-18(15)21/h3-8,18H,9-10H2,1-2H3,(H,22,25). The lowest BCUT2D eigenvalue weighted by atomic mass is 9.99. The van der Waals surface area contributed by atoms with Crippen molar-refractivity contribution in [1.29, 1.82) is 0 Å². The molecule has 3 aromatic rings. The highest BCUT2D eigenvalue weighted by molar-refractivity contribution is 9.09. The summed E-state index contributed by atoms with van der Waals surface area (Å²) in [7, 11) is 1.62. The fourth-order valence-electron chi connectivity index (χ4n) is 3.54. The highest BCUT2D eigenvalue weighted by atomic mass is 79.9. The molecule has 7 nitrogen and oxygen atoms in total. The lowest BCUT2D eigenvalue weighted by Crippen LogP contribution is -2.60. The van der Waals surface area contributed by atoms with Gasteiger partial charge in [0.25, 0.3) is 5.91 Å². The number of alkyl halides is 1.